The number of carbonyl (C=O) groups excluding carboxylic acids is 2. The Morgan fingerprint density at radius 1 is 1.26 bits per heavy atom. The summed E-state index contributed by atoms with van der Waals surface area (Å²) in [6.45, 7) is 5.73. The molecule has 0 atom stereocenters. The quantitative estimate of drug-likeness (QED) is 0.863. The molecule has 1 spiro atoms. The van der Waals surface area contributed by atoms with Crippen molar-refractivity contribution in [2.45, 2.75) is 44.9 Å². The second-order valence-corrected chi connectivity index (χ2v) is 8.32. The SMILES string of the molecule is COc1cc2c(cc1OCC1CC1)NC(=O)C21CCN(C(=O)C(C)C)CC1. The fraction of sp³-hybridized carbons (Fsp3) is 0.619. The minimum absolute atomic E-state index is 0.0185. The van der Waals surface area contributed by atoms with Crippen molar-refractivity contribution in [2.24, 2.45) is 11.8 Å². The minimum atomic E-state index is -0.578. The standard InChI is InChI=1S/C21H28N2O4/c1-13(2)19(24)23-8-6-21(7-9-23)15-10-17(26-3)18(27-12-14-4-5-14)11-16(15)22-20(21)25/h10-11,13-14H,4-9,12H2,1-3H3,(H,22,25). The first-order valence-electron chi connectivity index (χ1n) is 9.90. The summed E-state index contributed by atoms with van der Waals surface area (Å²) in [5, 5.41) is 3.04. The molecule has 3 aliphatic rings. The molecule has 1 aromatic rings. The summed E-state index contributed by atoms with van der Waals surface area (Å²) in [6, 6.07) is 3.85. The number of nitrogens with zero attached hydrogens (tertiary/aromatic N) is 1. The molecule has 2 amide bonds. The maximum absolute atomic E-state index is 12.9. The molecule has 2 heterocycles. The summed E-state index contributed by atoms with van der Waals surface area (Å²) < 4.78 is 11.5. The Labute approximate surface area is 160 Å². The first-order valence-corrected chi connectivity index (χ1v) is 9.90. The molecule has 1 N–H and O–H groups in total. The second-order valence-electron chi connectivity index (χ2n) is 8.32. The van der Waals surface area contributed by atoms with Crippen LogP contribution < -0.4 is 14.8 Å². The maximum atomic E-state index is 12.9. The van der Waals surface area contributed by atoms with Crippen molar-refractivity contribution in [2.75, 3.05) is 32.1 Å². The molecule has 0 radical (unpaired) electrons. The summed E-state index contributed by atoms with van der Waals surface area (Å²) in [4.78, 5) is 27.1. The molecular formula is C21H28N2O4. The molecular weight excluding hydrogens is 344 g/mol. The molecule has 1 aromatic carbocycles. The van der Waals surface area contributed by atoms with E-state index in [1.165, 1.54) is 12.8 Å². The predicted molar refractivity (Wildman–Crippen MR) is 102 cm³/mol. The van der Waals surface area contributed by atoms with E-state index in [9.17, 15) is 9.59 Å². The van der Waals surface area contributed by atoms with Crippen molar-refractivity contribution < 1.29 is 19.1 Å². The van der Waals surface area contributed by atoms with Crippen molar-refractivity contribution >= 4 is 17.5 Å². The highest BCUT2D eigenvalue weighted by molar-refractivity contribution is 6.07. The van der Waals surface area contributed by atoms with Crippen LogP contribution in [0.2, 0.25) is 0 Å². The number of anilines is 1. The largest absolute Gasteiger partial charge is 0.493 e. The number of piperidine rings is 1. The van der Waals surface area contributed by atoms with Gasteiger partial charge in [-0.3, -0.25) is 9.59 Å². The van der Waals surface area contributed by atoms with E-state index in [2.05, 4.69) is 5.32 Å². The predicted octanol–water partition coefficient (Wildman–Crippen LogP) is 2.95. The Bertz CT molecular complexity index is 762. The summed E-state index contributed by atoms with van der Waals surface area (Å²) in [5.74, 6) is 2.17. The van der Waals surface area contributed by atoms with E-state index < -0.39 is 5.41 Å². The number of amides is 2. The van der Waals surface area contributed by atoms with Crippen molar-refractivity contribution in [3.63, 3.8) is 0 Å². The van der Waals surface area contributed by atoms with Gasteiger partial charge in [-0.2, -0.15) is 0 Å². The van der Waals surface area contributed by atoms with Crippen LogP contribution in [-0.2, 0) is 15.0 Å². The van der Waals surface area contributed by atoms with Gasteiger partial charge in [0, 0.05) is 30.8 Å². The topological polar surface area (TPSA) is 67.9 Å². The van der Waals surface area contributed by atoms with E-state index in [-0.39, 0.29) is 17.7 Å². The highest BCUT2D eigenvalue weighted by Crippen LogP contribution is 2.49. The Hall–Kier alpha value is -2.24. The van der Waals surface area contributed by atoms with Crippen molar-refractivity contribution in [3.05, 3.63) is 17.7 Å². The van der Waals surface area contributed by atoms with Crippen LogP contribution in [0.4, 0.5) is 5.69 Å². The molecule has 0 bridgehead atoms. The van der Waals surface area contributed by atoms with Crippen LogP contribution in [0.1, 0.15) is 45.1 Å². The molecule has 27 heavy (non-hydrogen) atoms. The average Bonchev–Trinajstić information content (AvgIpc) is 3.46. The molecule has 6 heteroatoms. The van der Waals surface area contributed by atoms with Crippen LogP contribution in [0.5, 0.6) is 11.5 Å². The Morgan fingerprint density at radius 3 is 2.56 bits per heavy atom. The number of likely N-dealkylation sites (tertiary alicyclic amines) is 1. The zero-order chi connectivity index (χ0) is 19.2. The average molecular weight is 372 g/mol. The molecule has 0 unspecified atom stereocenters. The maximum Gasteiger partial charge on any atom is 0.235 e. The molecule has 146 valence electrons. The third kappa shape index (κ3) is 3.15. The van der Waals surface area contributed by atoms with E-state index in [4.69, 9.17) is 9.47 Å². The summed E-state index contributed by atoms with van der Waals surface area (Å²) in [6.07, 6.45) is 3.71. The number of methoxy groups -OCH3 is 1. The van der Waals surface area contributed by atoms with Gasteiger partial charge in [0.15, 0.2) is 11.5 Å². The van der Waals surface area contributed by atoms with Gasteiger partial charge in [-0.25, -0.2) is 0 Å². The second kappa shape index (κ2) is 6.73. The normalized spacial score (nSPS) is 20.6. The lowest BCUT2D eigenvalue weighted by atomic mass is 9.73. The molecule has 6 nitrogen and oxygen atoms in total. The number of rotatable bonds is 5. The van der Waals surface area contributed by atoms with Gasteiger partial charge < -0.3 is 19.7 Å². The number of hydrogen-bond donors (Lipinski definition) is 1. The third-order valence-electron chi connectivity index (χ3n) is 6.10. The summed E-state index contributed by atoms with van der Waals surface area (Å²) >= 11 is 0. The van der Waals surface area contributed by atoms with Gasteiger partial charge in [0.05, 0.1) is 19.1 Å². The molecule has 2 fully saturated rings. The van der Waals surface area contributed by atoms with Crippen LogP contribution in [0.25, 0.3) is 0 Å². The number of fused-ring (bicyclic) bond motifs is 2. The van der Waals surface area contributed by atoms with Crippen LogP contribution in [0.3, 0.4) is 0 Å². The first kappa shape index (κ1) is 18.1. The number of hydrogen-bond acceptors (Lipinski definition) is 4. The van der Waals surface area contributed by atoms with Gasteiger partial charge in [0.25, 0.3) is 0 Å². The Morgan fingerprint density at radius 2 is 1.96 bits per heavy atom. The fourth-order valence-electron chi connectivity index (χ4n) is 4.16. The smallest absolute Gasteiger partial charge is 0.235 e. The number of ether oxygens (including phenoxy) is 2. The fourth-order valence-corrected chi connectivity index (χ4v) is 4.16. The van der Waals surface area contributed by atoms with Gasteiger partial charge in [-0.15, -0.1) is 0 Å². The minimum Gasteiger partial charge on any atom is -0.493 e. The lowest BCUT2D eigenvalue weighted by Crippen LogP contribution is -2.49. The molecule has 4 rings (SSSR count). The van der Waals surface area contributed by atoms with Gasteiger partial charge in [-0.1, -0.05) is 13.8 Å². The number of nitrogens with one attached hydrogen (secondary N) is 1. The van der Waals surface area contributed by atoms with E-state index in [0.29, 0.717) is 50.0 Å². The van der Waals surface area contributed by atoms with Gasteiger partial charge in [-0.05, 0) is 43.2 Å². The molecule has 1 saturated heterocycles. The highest BCUT2D eigenvalue weighted by Gasteiger charge is 2.49. The molecule has 1 aliphatic carbocycles. The number of benzene rings is 1. The zero-order valence-electron chi connectivity index (χ0n) is 16.3. The van der Waals surface area contributed by atoms with Crippen LogP contribution in [0.15, 0.2) is 12.1 Å². The lowest BCUT2D eigenvalue weighted by molar-refractivity contribution is -0.137. The Kier molecular flexibility index (Phi) is 4.52. The van der Waals surface area contributed by atoms with Crippen molar-refractivity contribution in [1.29, 1.82) is 0 Å². The van der Waals surface area contributed by atoms with Crippen LogP contribution in [0, 0.1) is 11.8 Å². The van der Waals surface area contributed by atoms with Crippen molar-refractivity contribution in [1.82, 2.24) is 4.90 Å². The van der Waals surface area contributed by atoms with Crippen molar-refractivity contribution in [3.8, 4) is 11.5 Å². The number of carbonyl (C=O) groups is 2. The Balaban J connectivity index is 1.58. The highest BCUT2D eigenvalue weighted by atomic mass is 16.5. The van der Waals surface area contributed by atoms with Gasteiger partial charge in [0.1, 0.15) is 0 Å². The van der Waals surface area contributed by atoms with Gasteiger partial charge >= 0.3 is 0 Å². The van der Waals surface area contributed by atoms with Crippen LogP contribution >= 0.6 is 0 Å². The summed E-state index contributed by atoms with van der Waals surface area (Å²) in [5.41, 5.74) is 1.21. The van der Waals surface area contributed by atoms with Crippen LogP contribution in [-0.4, -0.2) is 43.5 Å². The summed E-state index contributed by atoms with van der Waals surface area (Å²) in [7, 11) is 1.63. The zero-order valence-corrected chi connectivity index (χ0v) is 16.3. The third-order valence-corrected chi connectivity index (χ3v) is 6.10. The molecule has 0 aromatic heterocycles. The lowest BCUT2D eigenvalue weighted by Gasteiger charge is -2.38. The first-order chi connectivity index (χ1) is 12.9. The molecule has 1 saturated carbocycles. The van der Waals surface area contributed by atoms with Gasteiger partial charge in [0.2, 0.25) is 11.8 Å². The molecule has 2 aliphatic heterocycles. The van der Waals surface area contributed by atoms with E-state index in [1.54, 1.807) is 7.11 Å². The van der Waals surface area contributed by atoms with E-state index in [0.717, 1.165) is 11.3 Å². The van der Waals surface area contributed by atoms with E-state index >= 15 is 0 Å². The monoisotopic (exact) mass is 372 g/mol. The van der Waals surface area contributed by atoms with E-state index in [1.807, 2.05) is 30.9 Å².